The van der Waals surface area contributed by atoms with E-state index in [-0.39, 0.29) is 0 Å². The number of rotatable bonds is 17. The highest BCUT2D eigenvalue weighted by Crippen LogP contribution is 2.38. The Morgan fingerprint density at radius 1 is 0.361 bits per heavy atom. The lowest BCUT2D eigenvalue weighted by Gasteiger charge is -2.52. The molecule has 418 valence electrons. The Kier molecular flexibility index (Phi) is 20.8. The molecule has 0 spiro atoms. The Hall–Kier alpha value is -2.18. The summed E-state index contributed by atoms with van der Waals surface area (Å²) in [6.45, 7) is -1.63. The molecule has 2 amide bonds. The summed E-state index contributed by atoms with van der Waals surface area (Å²) in [5.74, 6) is -1.67. The molecule has 72 heavy (non-hydrogen) atoms. The number of ether oxygens (including phenoxy) is 11. The monoisotopic (exact) mass is 1060 g/mol. The first kappa shape index (κ1) is 59.1. The Bertz CT molecular complexity index is 1730. The van der Waals surface area contributed by atoms with E-state index in [1.54, 1.807) is 0 Å². The van der Waals surface area contributed by atoms with Gasteiger partial charge in [0.15, 0.2) is 37.7 Å². The van der Waals surface area contributed by atoms with Gasteiger partial charge < -0.3 is 150 Å². The van der Waals surface area contributed by atoms with Gasteiger partial charge in [-0.2, -0.15) is 0 Å². The SMILES string of the molecule is CC(=O)N[C@H]1[C@H](O[C@H]2[C@@H](O)[C@@H](CO)O[C@@H](O[C@H]3[C@@H](O)[C@@H](CO)O[C@@H](O[C@@H]4[C@H](O)[C@@H](O)[C@H](O[C@H]5[C@H](O)[C@@H](O)[C@H](O)O[C@@H]5CO)O[C@@H]4CO)[C@@H]3NC(C)=O)[C@@H]2O[C@@H]2O[C@@H](C)[C@@H](O)[C@@H](O)[C@@H]2O)O[C@H](CO)[C@H](O)[C@@H]1O. The molecule has 0 aromatic carbocycles. The van der Waals surface area contributed by atoms with Crippen molar-refractivity contribution >= 4 is 11.8 Å². The molecule has 19 N–H and O–H groups in total. The number of aliphatic hydroxyl groups is 17. The highest BCUT2D eigenvalue weighted by Gasteiger charge is 2.59. The summed E-state index contributed by atoms with van der Waals surface area (Å²) in [4.78, 5) is 25.2. The van der Waals surface area contributed by atoms with E-state index in [0.717, 1.165) is 13.8 Å². The quantitative estimate of drug-likeness (QED) is 0.0643. The van der Waals surface area contributed by atoms with Crippen LogP contribution in [-0.2, 0) is 61.7 Å². The van der Waals surface area contributed by atoms with E-state index in [1.807, 2.05) is 0 Å². The molecule has 6 fully saturated rings. The van der Waals surface area contributed by atoms with Crippen molar-refractivity contribution < 1.29 is 149 Å². The van der Waals surface area contributed by atoms with Crippen molar-refractivity contribution in [2.45, 2.75) is 205 Å². The normalized spacial score (nSPS) is 50.3. The fourth-order valence-corrected chi connectivity index (χ4v) is 9.24. The van der Waals surface area contributed by atoms with Gasteiger partial charge in [0.25, 0.3) is 0 Å². The molecule has 0 aromatic heterocycles. The molecule has 32 heteroatoms. The summed E-state index contributed by atoms with van der Waals surface area (Å²) in [5.41, 5.74) is 0. The summed E-state index contributed by atoms with van der Waals surface area (Å²) >= 11 is 0. The van der Waals surface area contributed by atoms with E-state index >= 15 is 0 Å². The number of aliphatic hydroxyl groups excluding tert-OH is 17. The largest absolute Gasteiger partial charge is 0.394 e. The molecule has 0 unspecified atom stereocenters. The van der Waals surface area contributed by atoms with Crippen LogP contribution in [0.5, 0.6) is 0 Å². The third kappa shape index (κ3) is 12.5. The lowest BCUT2D eigenvalue weighted by atomic mass is 9.93. The summed E-state index contributed by atoms with van der Waals surface area (Å²) < 4.78 is 64.1. The minimum atomic E-state index is -2.16. The maximum Gasteiger partial charge on any atom is 0.217 e. The van der Waals surface area contributed by atoms with Gasteiger partial charge in [-0.3, -0.25) is 9.59 Å². The third-order valence-electron chi connectivity index (χ3n) is 13.2. The van der Waals surface area contributed by atoms with E-state index in [9.17, 15) is 96.4 Å². The molecule has 6 aliphatic rings. The maximum absolute atomic E-state index is 12.9. The van der Waals surface area contributed by atoms with Crippen molar-refractivity contribution in [3.63, 3.8) is 0 Å². The first-order chi connectivity index (χ1) is 34.0. The topological polar surface area (TPSA) is 504 Å². The Balaban J connectivity index is 1.34. The van der Waals surface area contributed by atoms with Gasteiger partial charge in [0, 0.05) is 13.8 Å². The molecule has 6 heterocycles. The van der Waals surface area contributed by atoms with Crippen LogP contribution in [0, 0.1) is 0 Å². The van der Waals surface area contributed by atoms with Gasteiger partial charge in [0.2, 0.25) is 11.8 Å². The van der Waals surface area contributed by atoms with Crippen molar-refractivity contribution in [2.24, 2.45) is 0 Å². The second-order valence-corrected chi connectivity index (χ2v) is 18.2. The van der Waals surface area contributed by atoms with Crippen LogP contribution in [0.1, 0.15) is 20.8 Å². The van der Waals surface area contributed by atoms with E-state index < -0.39 is 229 Å². The zero-order valence-electron chi connectivity index (χ0n) is 38.8. The number of carbonyl (C=O) groups is 2. The molecule has 30 atom stereocenters. The molecule has 0 radical (unpaired) electrons. The average Bonchev–Trinajstić information content (AvgIpc) is 3.34. The lowest BCUT2D eigenvalue weighted by molar-refractivity contribution is -0.400. The van der Waals surface area contributed by atoms with Crippen molar-refractivity contribution in [3.05, 3.63) is 0 Å². The van der Waals surface area contributed by atoms with Gasteiger partial charge in [-0.1, -0.05) is 0 Å². The minimum absolute atomic E-state index is 0.790. The average molecular weight is 1060 g/mol. The van der Waals surface area contributed by atoms with Crippen LogP contribution in [-0.4, -0.2) is 316 Å². The van der Waals surface area contributed by atoms with E-state index in [0.29, 0.717) is 0 Å². The fourth-order valence-electron chi connectivity index (χ4n) is 9.24. The number of hydrogen-bond donors (Lipinski definition) is 19. The van der Waals surface area contributed by atoms with Crippen molar-refractivity contribution in [2.75, 3.05) is 33.0 Å². The Morgan fingerprint density at radius 3 is 1.31 bits per heavy atom. The summed E-state index contributed by atoms with van der Waals surface area (Å²) in [7, 11) is 0. The van der Waals surface area contributed by atoms with Gasteiger partial charge in [0.05, 0.1) is 39.1 Å². The van der Waals surface area contributed by atoms with Crippen LogP contribution < -0.4 is 10.6 Å². The molecule has 6 aliphatic heterocycles. The first-order valence-electron chi connectivity index (χ1n) is 23.0. The molecule has 0 aromatic rings. The molecule has 6 saturated heterocycles. The number of carbonyl (C=O) groups excluding carboxylic acids is 2. The Labute approximate surface area is 408 Å². The summed E-state index contributed by atoms with van der Waals surface area (Å²) in [5, 5.41) is 187. The van der Waals surface area contributed by atoms with Gasteiger partial charge in [-0.15, -0.1) is 0 Å². The lowest BCUT2D eigenvalue weighted by Crippen LogP contribution is -2.71. The van der Waals surface area contributed by atoms with Gasteiger partial charge in [-0.05, 0) is 6.92 Å². The number of hydrogen-bond acceptors (Lipinski definition) is 30. The van der Waals surface area contributed by atoms with Crippen LogP contribution in [0.25, 0.3) is 0 Å². The number of amides is 2. The predicted molar refractivity (Wildman–Crippen MR) is 221 cm³/mol. The fraction of sp³-hybridized carbons (Fsp3) is 0.950. The van der Waals surface area contributed by atoms with E-state index in [2.05, 4.69) is 10.6 Å². The van der Waals surface area contributed by atoms with Crippen molar-refractivity contribution in [1.82, 2.24) is 10.6 Å². The summed E-state index contributed by atoms with van der Waals surface area (Å²) in [6.07, 6.45) is -53.0. The van der Waals surface area contributed by atoms with Crippen LogP contribution >= 0.6 is 0 Å². The first-order valence-corrected chi connectivity index (χ1v) is 23.0. The van der Waals surface area contributed by atoms with E-state index in [1.165, 1.54) is 6.92 Å². The Morgan fingerprint density at radius 2 is 0.750 bits per heavy atom. The van der Waals surface area contributed by atoms with Crippen LogP contribution in [0.15, 0.2) is 0 Å². The zero-order chi connectivity index (χ0) is 53.2. The zero-order valence-corrected chi connectivity index (χ0v) is 38.8. The summed E-state index contributed by atoms with van der Waals surface area (Å²) in [6, 6.07) is -3.49. The maximum atomic E-state index is 12.9. The van der Waals surface area contributed by atoms with Crippen LogP contribution in [0.4, 0.5) is 0 Å². The van der Waals surface area contributed by atoms with Crippen LogP contribution in [0.2, 0.25) is 0 Å². The van der Waals surface area contributed by atoms with Gasteiger partial charge in [-0.25, -0.2) is 0 Å². The van der Waals surface area contributed by atoms with E-state index in [4.69, 9.17) is 52.1 Å². The molecular weight excluding hydrogens is 988 g/mol. The second-order valence-electron chi connectivity index (χ2n) is 18.2. The molecule has 0 saturated carbocycles. The van der Waals surface area contributed by atoms with Crippen LogP contribution in [0.3, 0.4) is 0 Å². The van der Waals surface area contributed by atoms with Crippen molar-refractivity contribution in [1.29, 1.82) is 0 Å². The molecule has 0 aliphatic carbocycles. The third-order valence-corrected chi connectivity index (χ3v) is 13.2. The highest BCUT2D eigenvalue weighted by atomic mass is 16.8. The molecule has 32 nitrogen and oxygen atoms in total. The van der Waals surface area contributed by atoms with Crippen molar-refractivity contribution in [3.8, 4) is 0 Å². The molecule has 6 rings (SSSR count). The second kappa shape index (κ2) is 25.3. The number of nitrogens with one attached hydrogen (secondary N) is 2. The predicted octanol–water partition coefficient (Wildman–Crippen LogP) is -12.8. The minimum Gasteiger partial charge on any atom is -0.394 e. The molecular formula is C40H68N2O30. The smallest absolute Gasteiger partial charge is 0.217 e. The van der Waals surface area contributed by atoms with Gasteiger partial charge >= 0.3 is 0 Å². The highest BCUT2D eigenvalue weighted by molar-refractivity contribution is 5.73. The molecule has 0 bridgehead atoms. The standard InChI is InChI=1S/C40H68N2O30/c1-9-19(50)24(55)28(59)38(62-9)72-34-33(71-36-17(41-10(2)48)23(54)20(51)12(4-43)64-36)22(53)14(6-45)66-40(34)70-32-18(42-11(3)49)37(65-13(5-44)21(32)52)68-31-16(8-47)67-39(29(60)26(31)57)69-30-15(7-46)63-35(61)27(58)25(30)56/h9,12-40,43-47,50-61H,4-8H2,1-3H3,(H,41,48)(H,42,49)/t9-,12+,13+,14+,15+,16+,17+,18+,19+,20-,21-,22-,23+,24+,25+,26+,27+,28-,29+,30+,31-,32+,33-,34+,35+,36-,37-,38-,39-,40-/m0/s1. The van der Waals surface area contributed by atoms with Gasteiger partial charge in [0.1, 0.15) is 140 Å².